The molecule has 0 amide bonds. The van der Waals surface area contributed by atoms with Gasteiger partial charge < -0.3 is 63.4 Å². The number of fused-ring (bicyclic) bond motifs is 13. The van der Waals surface area contributed by atoms with Gasteiger partial charge in [-0.3, -0.25) is 9.59 Å². The van der Waals surface area contributed by atoms with Crippen LogP contribution in [0.1, 0.15) is 150 Å². The second kappa shape index (κ2) is 30.8. The number of ether oxygens (including phenoxy) is 1. The van der Waals surface area contributed by atoms with E-state index in [0.29, 0.717) is 115 Å². The highest BCUT2D eigenvalue weighted by Gasteiger charge is 2.67. The first-order chi connectivity index (χ1) is 45.2. The highest BCUT2D eigenvalue weighted by atomic mass is 16.5. The Hall–Kier alpha value is -6.09. The van der Waals surface area contributed by atoms with Gasteiger partial charge in [0.15, 0.2) is 17.3 Å². The van der Waals surface area contributed by atoms with Crippen LogP contribution in [0.15, 0.2) is 113 Å². The van der Waals surface area contributed by atoms with Crippen LogP contribution in [0.25, 0.3) is 5.57 Å². The first kappa shape index (κ1) is 66.9. The summed E-state index contributed by atoms with van der Waals surface area (Å²) in [7, 11) is 1.48. The number of aryl methyl sites for hydroxylation is 2. The van der Waals surface area contributed by atoms with E-state index in [1.54, 1.807) is 12.1 Å². The predicted molar refractivity (Wildman–Crippen MR) is 371 cm³/mol. The van der Waals surface area contributed by atoms with E-state index in [0.717, 1.165) is 107 Å². The van der Waals surface area contributed by atoms with Gasteiger partial charge in [-0.2, -0.15) is 4.99 Å². The van der Waals surface area contributed by atoms with Crippen molar-refractivity contribution in [3.8, 4) is 23.5 Å². The number of aliphatic imine (C=N–C) groups is 1. The molecule has 15 atom stereocenters. The number of dihydropyridines is 1. The summed E-state index contributed by atoms with van der Waals surface area (Å²) in [4.78, 5) is 34.1. The minimum Gasteiger partial charge on any atom is -0.504 e. The first-order valence-corrected chi connectivity index (χ1v) is 35.9. The van der Waals surface area contributed by atoms with Crippen LogP contribution >= 0.6 is 0 Å². The molecule has 93 heavy (non-hydrogen) atoms. The Bertz CT molecular complexity index is 3310. The van der Waals surface area contributed by atoms with E-state index >= 15 is 0 Å². The number of phenolic OH excluding ortho intramolecular Hbond substituents is 1. The quantitative estimate of drug-likeness (QED) is 0.0387. The third-order valence-electron chi connectivity index (χ3n) is 24.0. The van der Waals surface area contributed by atoms with Gasteiger partial charge in [-0.05, 0) is 262 Å². The number of allylic oxidation sites excluding steroid dienone is 3. The van der Waals surface area contributed by atoms with E-state index in [4.69, 9.17) is 16.2 Å². The molecule has 1 saturated heterocycles. The number of piperidine rings is 1. The molecular weight excluding hydrogens is 1160 g/mol. The number of methoxy groups -OCH3 is 1. The summed E-state index contributed by atoms with van der Waals surface area (Å²) in [6.07, 6.45) is 29.5. The number of aliphatic hydroxyl groups excluding tert-OH is 2. The molecule has 0 aromatic heterocycles. The average molecular weight is 1270 g/mol. The summed E-state index contributed by atoms with van der Waals surface area (Å²) < 4.78 is 5.68. The number of rotatable bonds is 15. The predicted octanol–water partition coefficient (Wildman–Crippen LogP) is 9.10. The fraction of sp³-hybridized carbons (Fsp3) is 0.603. The third-order valence-corrected chi connectivity index (χ3v) is 24.0. The topological polar surface area (TPSA) is 241 Å². The monoisotopic (exact) mass is 1270 g/mol. The largest absolute Gasteiger partial charge is 0.504 e. The summed E-state index contributed by atoms with van der Waals surface area (Å²) in [6.45, 7) is 6.64. The molecule has 5 aliphatic heterocycles. The van der Waals surface area contributed by atoms with Crippen LogP contribution in [0.3, 0.4) is 0 Å². The van der Waals surface area contributed by atoms with Crippen LogP contribution in [-0.4, -0.2) is 116 Å². The Morgan fingerprint density at radius 1 is 0.892 bits per heavy atom. The van der Waals surface area contributed by atoms with Crippen LogP contribution < -0.4 is 48.1 Å². The number of hydrogen-bond donors (Lipinski definition) is 11. The molecule has 1 spiro atoms. The lowest BCUT2D eigenvalue weighted by Gasteiger charge is -2.55. The van der Waals surface area contributed by atoms with Gasteiger partial charge in [0.05, 0.1) is 32.4 Å². The zero-order valence-corrected chi connectivity index (χ0v) is 55.5. The number of carbonyl (C=O) groups is 2. The number of aliphatic hydroxyl groups is 2. The van der Waals surface area contributed by atoms with E-state index in [9.17, 15) is 24.9 Å². The van der Waals surface area contributed by atoms with Crippen molar-refractivity contribution >= 4 is 23.1 Å². The Balaban J connectivity index is 0.905. The van der Waals surface area contributed by atoms with Crippen molar-refractivity contribution in [2.45, 2.75) is 179 Å². The second-order valence-electron chi connectivity index (χ2n) is 30.0. The van der Waals surface area contributed by atoms with Gasteiger partial charge in [0, 0.05) is 62.8 Å². The van der Waals surface area contributed by atoms with Crippen LogP contribution in [0.2, 0.25) is 0 Å². The number of hydrogen-bond acceptors (Lipinski definition) is 15. The van der Waals surface area contributed by atoms with E-state index in [1.165, 1.54) is 69.3 Å². The highest BCUT2D eigenvalue weighted by molar-refractivity contribution is 6.08. The zero-order valence-electron chi connectivity index (χ0n) is 55.5. The van der Waals surface area contributed by atoms with Gasteiger partial charge in [0.25, 0.3) is 0 Å². The van der Waals surface area contributed by atoms with Crippen LogP contribution in [-0.2, 0) is 35.3 Å². The third kappa shape index (κ3) is 15.9. The highest BCUT2D eigenvalue weighted by Crippen LogP contribution is 2.71. The number of phenols is 1. The van der Waals surface area contributed by atoms with Crippen molar-refractivity contribution < 1.29 is 29.6 Å². The maximum atomic E-state index is 14.8. The molecule has 5 aliphatic carbocycles. The number of aromatic hydroxyl groups is 1. The molecule has 0 radical (unpaired) electrons. The number of nitrogens with zero attached hydrogens (tertiary/aromatic N) is 1. The lowest BCUT2D eigenvalue weighted by molar-refractivity contribution is -0.126. The zero-order chi connectivity index (χ0) is 64.5. The molecule has 13 N–H and O–H groups in total. The first-order valence-electron chi connectivity index (χ1n) is 35.9. The van der Waals surface area contributed by atoms with E-state index in [-0.39, 0.29) is 58.2 Å². The second-order valence-corrected chi connectivity index (χ2v) is 30.0. The van der Waals surface area contributed by atoms with E-state index in [2.05, 4.69) is 116 Å². The molecule has 5 saturated carbocycles. The minimum absolute atomic E-state index is 0.0240. The van der Waals surface area contributed by atoms with Crippen LogP contribution in [0, 0.1) is 76.1 Å². The van der Waals surface area contributed by atoms with Crippen LogP contribution in [0.4, 0.5) is 0 Å². The number of Topliss-reactive ketones (excluding diaryl/α,β-unsaturated/α-hetero) is 1. The molecule has 3 aromatic carbocycles. The summed E-state index contributed by atoms with van der Waals surface area (Å²) in [5, 5.41) is 57.0. The van der Waals surface area contributed by atoms with Gasteiger partial charge in [-0.1, -0.05) is 91.9 Å². The SMILES string of the molecule is COc1cc2c(cc1O)CC1=CNC(N)C=C1[C@@H](Cc1cccc(CCc3ccccc3)c1)CC#CN=C(N)NCC[C@@H]1C[C@@]3(C[C@H]1CNC1CCCCC1)[C@@H](NC[C@H](C)O)C[C@@]1(C[C@@H]4[C@@H]5CCNC[C@@H]5C[C@@H]5C=CCN[C@@H]45)C[C@H](CC[C@@H]13)CC(=O)CC(=O)/C=C/2CO. The number of guanidine groups is 1. The summed E-state index contributed by atoms with van der Waals surface area (Å²) in [6, 6.07) is 27.0. The summed E-state index contributed by atoms with van der Waals surface area (Å²) >= 11 is 0. The standard InChI is InChI=1S/C78H107N9O6/c1-50(89)45-86-73-44-77(43-69-66-25-28-81-46-59(66)33-56-17-11-26-82-75(56)69)40-54-22-23-72(77)78(73)41-57(62(42-78)48-85-63-18-7-4-8-19-63)24-29-84-76(80)83-27-10-16-55(31-53-15-9-14-52(30-53)21-20-51-12-5-3-6-13-51)68-39-74(79)87-47-60(68)34-58-36-70(92)71(93-2)38-67(58)61(49-88)35-65(91)37-64(90)32-54/h3,5-6,9,11-15,17,30,35-36,38-39,47,50,54-57,59,62-63,66,69,72-75,81-82,85-89,92H,4,7-8,16,18-26,28-29,31-34,37,40-46,48-49,79H2,1-2H3,(H3,80,83,84)/b61-35+/t50-,54+,55+,56-,57+,59-,62-,66+,69+,72-,73-,74?,75+,77-,78-/m0/s1. The van der Waals surface area contributed by atoms with Crippen molar-refractivity contribution in [3.63, 3.8) is 0 Å². The van der Waals surface area contributed by atoms with Gasteiger partial charge in [0.2, 0.25) is 5.96 Å². The van der Waals surface area contributed by atoms with Crippen LogP contribution in [0.5, 0.6) is 11.5 Å². The summed E-state index contributed by atoms with van der Waals surface area (Å²) in [5.74, 6) is 6.91. The minimum atomic E-state index is -0.495. The molecule has 15 nitrogen and oxygen atoms in total. The molecule has 13 rings (SSSR count). The fourth-order valence-electron chi connectivity index (χ4n) is 20.0. The molecule has 500 valence electrons. The van der Waals surface area contributed by atoms with Gasteiger partial charge >= 0.3 is 0 Å². The van der Waals surface area contributed by atoms with Gasteiger partial charge in [-0.15, -0.1) is 0 Å². The smallest absolute Gasteiger partial charge is 0.202 e. The number of nitrogens with two attached hydrogens (primary N) is 2. The number of carbonyl (C=O) groups excluding carboxylic acids is 2. The number of benzene rings is 3. The van der Waals surface area contributed by atoms with Crippen molar-refractivity contribution in [2.24, 2.45) is 80.6 Å². The lowest BCUT2D eigenvalue weighted by Crippen LogP contribution is -2.57. The number of nitrogens with one attached hydrogen (secondary N) is 6. The van der Waals surface area contributed by atoms with Crippen molar-refractivity contribution in [3.05, 3.63) is 136 Å². The lowest BCUT2D eigenvalue weighted by atomic mass is 9.52. The van der Waals surface area contributed by atoms with Crippen molar-refractivity contribution in [2.75, 3.05) is 53.0 Å². The van der Waals surface area contributed by atoms with Gasteiger partial charge in [0.1, 0.15) is 5.78 Å². The molecular formula is C78H107N9O6. The van der Waals surface area contributed by atoms with E-state index in [1.807, 2.05) is 19.2 Å². The molecule has 6 fully saturated rings. The average Bonchev–Trinajstić information content (AvgIpc) is 1.54. The normalized spacial score (nSPS) is 33.6. The molecule has 3 aromatic rings. The van der Waals surface area contributed by atoms with E-state index < -0.39 is 18.9 Å². The van der Waals surface area contributed by atoms with Crippen molar-refractivity contribution in [1.82, 2.24) is 31.9 Å². The summed E-state index contributed by atoms with van der Waals surface area (Å²) in [5.41, 5.74) is 20.6. The Labute approximate surface area is 553 Å². The molecule has 15 heteroatoms. The maximum absolute atomic E-state index is 14.8. The van der Waals surface area contributed by atoms with Gasteiger partial charge in [-0.25, -0.2) is 0 Å². The maximum Gasteiger partial charge on any atom is 0.202 e. The fourth-order valence-corrected chi connectivity index (χ4v) is 20.0. The molecule has 5 heterocycles. The number of ketones is 2. The molecule has 1 unspecified atom stereocenters. The molecule has 5 bridgehead atoms. The Morgan fingerprint density at radius 2 is 1.72 bits per heavy atom. The van der Waals surface area contributed by atoms with Crippen molar-refractivity contribution in [1.29, 1.82) is 0 Å². The molecule has 10 aliphatic rings. The Morgan fingerprint density at radius 3 is 2.55 bits per heavy atom. The Kier molecular flexibility index (Phi) is 22.1.